The third-order valence-electron chi connectivity index (χ3n) is 4.03. The lowest BCUT2D eigenvalue weighted by molar-refractivity contribution is -0.138. The van der Waals surface area contributed by atoms with Crippen molar-refractivity contribution in [1.82, 2.24) is 9.80 Å². The van der Waals surface area contributed by atoms with Crippen LogP contribution in [0.1, 0.15) is 25.3 Å². The molecule has 1 aliphatic heterocycles. The van der Waals surface area contributed by atoms with E-state index in [1.807, 2.05) is 29.2 Å². The lowest BCUT2D eigenvalue weighted by Crippen LogP contribution is -2.41. The number of nitrogens with zero attached hydrogens (tertiary/aromatic N) is 2. The Labute approximate surface area is 131 Å². The molecule has 0 aromatic heterocycles. The standard InChI is InChI=1S/C17H24N2O3/c1-14(20)19(13-17(21)18-9-3-4-10-18)11-8-15-6-5-7-16(12-15)22-2/h5-7,12H,3-4,8-11,13H2,1-2H3. The predicted molar refractivity (Wildman–Crippen MR) is 84.8 cm³/mol. The van der Waals surface area contributed by atoms with Gasteiger partial charge in [0.2, 0.25) is 11.8 Å². The van der Waals surface area contributed by atoms with Gasteiger partial charge in [0, 0.05) is 26.6 Å². The van der Waals surface area contributed by atoms with E-state index in [4.69, 9.17) is 4.74 Å². The van der Waals surface area contributed by atoms with Crippen LogP contribution in [0.3, 0.4) is 0 Å². The fourth-order valence-electron chi connectivity index (χ4n) is 2.67. The fraction of sp³-hybridized carbons (Fsp3) is 0.529. The van der Waals surface area contributed by atoms with Gasteiger partial charge in [0.05, 0.1) is 13.7 Å². The normalized spacial score (nSPS) is 14.0. The molecule has 0 N–H and O–H groups in total. The summed E-state index contributed by atoms with van der Waals surface area (Å²) >= 11 is 0. The maximum absolute atomic E-state index is 12.2. The first-order chi connectivity index (χ1) is 10.6. The molecule has 0 spiro atoms. The molecule has 120 valence electrons. The number of hydrogen-bond acceptors (Lipinski definition) is 3. The molecule has 2 rings (SSSR count). The van der Waals surface area contributed by atoms with Gasteiger partial charge >= 0.3 is 0 Å². The minimum atomic E-state index is -0.0598. The smallest absolute Gasteiger partial charge is 0.242 e. The molecular formula is C17H24N2O3. The van der Waals surface area contributed by atoms with E-state index in [0.29, 0.717) is 13.0 Å². The van der Waals surface area contributed by atoms with E-state index in [1.54, 1.807) is 12.0 Å². The summed E-state index contributed by atoms with van der Waals surface area (Å²) in [5.74, 6) is 0.800. The van der Waals surface area contributed by atoms with Crippen molar-refractivity contribution in [2.75, 3.05) is 33.3 Å². The van der Waals surface area contributed by atoms with Crippen molar-refractivity contribution in [3.63, 3.8) is 0 Å². The molecule has 0 atom stereocenters. The third kappa shape index (κ3) is 4.48. The Kier molecular flexibility index (Phi) is 5.81. The topological polar surface area (TPSA) is 49.9 Å². The first-order valence-electron chi connectivity index (χ1n) is 7.76. The highest BCUT2D eigenvalue weighted by Gasteiger charge is 2.21. The van der Waals surface area contributed by atoms with E-state index in [-0.39, 0.29) is 18.4 Å². The zero-order valence-corrected chi connectivity index (χ0v) is 13.4. The number of carbonyl (C=O) groups is 2. The van der Waals surface area contributed by atoms with Gasteiger partial charge in [-0.15, -0.1) is 0 Å². The number of carbonyl (C=O) groups excluding carboxylic acids is 2. The monoisotopic (exact) mass is 304 g/mol. The number of ether oxygens (including phenoxy) is 1. The quantitative estimate of drug-likeness (QED) is 0.804. The number of likely N-dealkylation sites (tertiary alicyclic amines) is 1. The van der Waals surface area contributed by atoms with E-state index in [2.05, 4.69) is 0 Å². The van der Waals surface area contributed by atoms with Crippen molar-refractivity contribution in [2.45, 2.75) is 26.2 Å². The van der Waals surface area contributed by atoms with Crippen molar-refractivity contribution in [1.29, 1.82) is 0 Å². The van der Waals surface area contributed by atoms with Crippen molar-refractivity contribution in [3.8, 4) is 5.75 Å². The summed E-state index contributed by atoms with van der Waals surface area (Å²) in [6, 6.07) is 7.79. The molecule has 1 saturated heterocycles. The molecule has 5 heteroatoms. The molecule has 22 heavy (non-hydrogen) atoms. The highest BCUT2D eigenvalue weighted by molar-refractivity contribution is 5.84. The van der Waals surface area contributed by atoms with E-state index in [9.17, 15) is 9.59 Å². The lowest BCUT2D eigenvalue weighted by Gasteiger charge is -2.24. The van der Waals surface area contributed by atoms with Gasteiger partial charge in [-0.05, 0) is 37.0 Å². The van der Waals surface area contributed by atoms with Gasteiger partial charge in [0.1, 0.15) is 5.75 Å². The third-order valence-corrected chi connectivity index (χ3v) is 4.03. The average Bonchev–Trinajstić information content (AvgIpc) is 3.05. The molecule has 0 unspecified atom stereocenters. The van der Waals surface area contributed by atoms with Crippen LogP contribution in [-0.4, -0.2) is 54.9 Å². The summed E-state index contributed by atoms with van der Waals surface area (Å²) in [7, 11) is 1.63. The van der Waals surface area contributed by atoms with Gasteiger partial charge in [-0.2, -0.15) is 0 Å². The van der Waals surface area contributed by atoms with Gasteiger partial charge in [-0.1, -0.05) is 12.1 Å². The average molecular weight is 304 g/mol. The number of amides is 2. The number of hydrogen-bond donors (Lipinski definition) is 0. The Morgan fingerprint density at radius 2 is 2.00 bits per heavy atom. The van der Waals surface area contributed by atoms with Crippen LogP contribution in [-0.2, 0) is 16.0 Å². The van der Waals surface area contributed by atoms with Crippen molar-refractivity contribution in [2.24, 2.45) is 0 Å². The largest absolute Gasteiger partial charge is 0.497 e. The Morgan fingerprint density at radius 1 is 1.27 bits per heavy atom. The first-order valence-corrected chi connectivity index (χ1v) is 7.76. The zero-order chi connectivity index (χ0) is 15.9. The molecule has 5 nitrogen and oxygen atoms in total. The summed E-state index contributed by atoms with van der Waals surface area (Å²) in [4.78, 5) is 27.4. The minimum Gasteiger partial charge on any atom is -0.497 e. The molecule has 1 fully saturated rings. The summed E-state index contributed by atoms with van der Waals surface area (Å²) in [6.45, 7) is 3.88. The summed E-state index contributed by atoms with van der Waals surface area (Å²) in [5, 5.41) is 0. The fourth-order valence-corrected chi connectivity index (χ4v) is 2.67. The van der Waals surface area contributed by atoms with Crippen LogP contribution in [0.4, 0.5) is 0 Å². The SMILES string of the molecule is COc1cccc(CCN(CC(=O)N2CCCC2)C(C)=O)c1. The second kappa shape index (κ2) is 7.82. The number of benzene rings is 1. The Balaban J connectivity index is 1.90. The zero-order valence-electron chi connectivity index (χ0n) is 13.4. The Hall–Kier alpha value is -2.04. The van der Waals surface area contributed by atoms with Gasteiger partial charge in [0.15, 0.2) is 0 Å². The van der Waals surface area contributed by atoms with Gasteiger partial charge in [-0.25, -0.2) is 0 Å². The Morgan fingerprint density at radius 3 is 2.64 bits per heavy atom. The molecule has 1 heterocycles. The second-order valence-electron chi connectivity index (χ2n) is 5.63. The molecule has 2 amide bonds. The molecule has 0 radical (unpaired) electrons. The molecule has 1 aliphatic rings. The van der Waals surface area contributed by atoms with Gasteiger partial charge < -0.3 is 14.5 Å². The predicted octanol–water partition coefficient (Wildman–Crippen LogP) is 1.71. The van der Waals surface area contributed by atoms with Crippen molar-refractivity contribution >= 4 is 11.8 Å². The number of rotatable bonds is 6. The molecule has 1 aromatic rings. The van der Waals surface area contributed by atoms with Crippen LogP contribution in [0.15, 0.2) is 24.3 Å². The lowest BCUT2D eigenvalue weighted by atomic mass is 10.1. The van der Waals surface area contributed by atoms with Crippen LogP contribution in [0.5, 0.6) is 5.75 Å². The van der Waals surface area contributed by atoms with Crippen LogP contribution >= 0.6 is 0 Å². The van der Waals surface area contributed by atoms with Crippen LogP contribution in [0.25, 0.3) is 0 Å². The molecular weight excluding hydrogens is 280 g/mol. The first kappa shape index (κ1) is 16.3. The van der Waals surface area contributed by atoms with Crippen LogP contribution in [0, 0.1) is 0 Å². The summed E-state index contributed by atoms with van der Waals surface area (Å²) < 4.78 is 5.20. The molecule has 0 aliphatic carbocycles. The van der Waals surface area contributed by atoms with E-state index in [1.165, 1.54) is 6.92 Å². The second-order valence-corrected chi connectivity index (χ2v) is 5.63. The van der Waals surface area contributed by atoms with Crippen LogP contribution in [0.2, 0.25) is 0 Å². The van der Waals surface area contributed by atoms with Gasteiger partial charge in [0.25, 0.3) is 0 Å². The van der Waals surface area contributed by atoms with Gasteiger partial charge in [-0.3, -0.25) is 9.59 Å². The molecule has 1 aromatic carbocycles. The number of methoxy groups -OCH3 is 1. The Bertz CT molecular complexity index is 524. The summed E-state index contributed by atoms with van der Waals surface area (Å²) in [6.07, 6.45) is 2.84. The van der Waals surface area contributed by atoms with E-state index < -0.39 is 0 Å². The highest BCUT2D eigenvalue weighted by atomic mass is 16.5. The van der Waals surface area contributed by atoms with Crippen molar-refractivity contribution < 1.29 is 14.3 Å². The molecule has 0 saturated carbocycles. The minimum absolute atomic E-state index is 0.0540. The maximum Gasteiger partial charge on any atom is 0.242 e. The highest BCUT2D eigenvalue weighted by Crippen LogP contribution is 2.14. The van der Waals surface area contributed by atoms with Crippen molar-refractivity contribution in [3.05, 3.63) is 29.8 Å². The van der Waals surface area contributed by atoms with Crippen LogP contribution < -0.4 is 4.74 Å². The van der Waals surface area contributed by atoms with E-state index in [0.717, 1.165) is 37.2 Å². The molecule has 0 bridgehead atoms. The maximum atomic E-state index is 12.2. The van der Waals surface area contributed by atoms with E-state index >= 15 is 0 Å². The summed E-state index contributed by atoms with van der Waals surface area (Å²) in [5.41, 5.74) is 1.10.